The molecule has 1 N–H and O–H groups in total. The molecule has 0 aromatic heterocycles. The van der Waals surface area contributed by atoms with Gasteiger partial charge in [0.05, 0.1) is 4.92 Å². The number of aryl methyl sites for hydroxylation is 1. The topological polar surface area (TPSA) is 72.2 Å². The zero-order chi connectivity index (χ0) is 17.0. The van der Waals surface area contributed by atoms with Crippen molar-refractivity contribution in [2.24, 2.45) is 0 Å². The van der Waals surface area contributed by atoms with Gasteiger partial charge in [-0.05, 0) is 49.9 Å². The van der Waals surface area contributed by atoms with Crippen molar-refractivity contribution in [3.63, 3.8) is 0 Å². The minimum absolute atomic E-state index is 0.0114. The number of rotatable bonds is 5. The smallest absolute Gasteiger partial charge is 0.272 e. The van der Waals surface area contributed by atoms with Crippen LogP contribution in [0.25, 0.3) is 0 Å². The van der Waals surface area contributed by atoms with Gasteiger partial charge in [-0.25, -0.2) is 0 Å². The molecular weight excluding hydrogens is 312 g/mol. The number of benzene rings is 2. The van der Waals surface area contributed by atoms with Crippen LogP contribution in [0.4, 0.5) is 11.4 Å². The fourth-order valence-corrected chi connectivity index (χ4v) is 2.63. The van der Waals surface area contributed by atoms with Gasteiger partial charge in [0.25, 0.3) is 11.6 Å². The molecule has 2 aromatic rings. The third-order valence-electron chi connectivity index (χ3n) is 3.62. The number of anilines is 1. The average molecular weight is 330 g/mol. The summed E-state index contributed by atoms with van der Waals surface area (Å²) in [6, 6.07) is 12.0. The minimum Gasteiger partial charge on any atom is -0.322 e. The molecule has 0 spiro atoms. The Kier molecular flexibility index (Phi) is 5.39. The fourth-order valence-electron chi connectivity index (χ4n) is 2.21. The lowest BCUT2D eigenvalue weighted by atomic mass is 10.1. The second-order valence-electron chi connectivity index (χ2n) is 5.22. The fraction of sp³-hybridized carbons (Fsp3) is 0.235. The van der Waals surface area contributed by atoms with Crippen molar-refractivity contribution in [2.45, 2.75) is 19.1 Å². The number of carbonyl (C=O) groups excluding carboxylic acids is 1. The lowest BCUT2D eigenvalue weighted by Crippen LogP contribution is -2.12. The van der Waals surface area contributed by atoms with Crippen LogP contribution in [0.5, 0.6) is 0 Å². The summed E-state index contributed by atoms with van der Waals surface area (Å²) < 4.78 is 0. The molecule has 0 aliphatic carbocycles. The number of thioether (sulfide) groups is 1. The molecule has 0 heterocycles. The van der Waals surface area contributed by atoms with Crippen molar-refractivity contribution >= 4 is 29.0 Å². The normalized spacial score (nSPS) is 11.8. The van der Waals surface area contributed by atoms with Gasteiger partial charge in [-0.15, -0.1) is 0 Å². The first-order valence-corrected chi connectivity index (χ1v) is 8.40. The summed E-state index contributed by atoms with van der Waals surface area (Å²) in [7, 11) is 0. The highest BCUT2D eigenvalue weighted by Crippen LogP contribution is 2.27. The molecule has 1 atom stereocenters. The van der Waals surface area contributed by atoms with Gasteiger partial charge in [0, 0.05) is 28.1 Å². The highest BCUT2D eigenvalue weighted by atomic mass is 32.2. The lowest BCUT2D eigenvalue weighted by Gasteiger charge is -2.11. The maximum absolute atomic E-state index is 12.3. The van der Waals surface area contributed by atoms with E-state index in [1.54, 1.807) is 18.7 Å². The van der Waals surface area contributed by atoms with Crippen LogP contribution in [-0.4, -0.2) is 17.1 Å². The molecule has 0 bridgehead atoms. The van der Waals surface area contributed by atoms with Crippen molar-refractivity contribution in [1.29, 1.82) is 0 Å². The van der Waals surface area contributed by atoms with Gasteiger partial charge in [0.1, 0.15) is 0 Å². The van der Waals surface area contributed by atoms with Crippen LogP contribution in [0.1, 0.15) is 33.7 Å². The predicted molar refractivity (Wildman–Crippen MR) is 94.2 cm³/mol. The summed E-state index contributed by atoms with van der Waals surface area (Å²) in [6.45, 7) is 3.72. The van der Waals surface area contributed by atoms with Gasteiger partial charge < -0.3 is 5.32 Å². The Balaban J connectivity index is 2.19. The average Bonchev–Trinajstić information content (AvgIpc) is 2.53. The number of nitrogens with zero attached hydrogens (tertiary/aromatic N) is 1. The number of hydrogen-bond donors (Lipinski definition) is 1. The number of hydrogen-bond acceptors (Lipinski definition) is 4. The molecule has 5 nitrogen and oxygen atoms in total. The monoisotopic (exact) mass is 330 g/mol. The van der Waals surface area contributed by atoms with Crippen LogP contribution in [0.15, 0.2) is 42.5 Å². The highest BCUT2D eigenvalue weighted by molar-refractivity contribution is 7.98. The van der Waals surface area contributed by atoms with Gasteiger partial charge in [0.2, 0.25) is 0 Å². The molecule has 0 radical (unpaired) electrons. The van der Waals surface area contributed by atoms with E-state index in [0.717, 1.165) is 5.56 Å². The third-order valence-corrected chi connectivity index (χ3v) is 4.60. The minimum atomic E-state index is -0.454. The van der Waals surface area contributed by atoms with Gasteiger partial charge in [-0.2, -0.15) is 11.8 Å². The Morgan fingerprint density at radius 3 is 2.61 bits per heavy atom. The molecule has 0 fully saturated rings. The summed E-state index contributed by atoms with van der Waals surface area (Å²) in [5, 5.41) is 14.0. The second-order valence-corrected chi connectivity index (χ2v) is 6.39. The molecule has 0 aliphatic rings. The quantitative estimate of drug-likeness (QED) is 0.643. The summed E-state index contributed by atoms with van der Waals surface area (Å²) in [4.78, 5) is 22.7. The van der Waals surface area contributed by atoms with Crippen LogP contribution in [0, 0.1) is 17.0 Å². The zero-order valence-corrected chi connectivity index (χ0v) is 14.0. The van der Waals surface area contributed by atoms with Gasteiger partial charge >= 0.3 is 0 Å². The van der Waals surface area contributed by atoms with E-state index in [1.807, 2.05) is 30.5 Å². The van der Waals surface area contributed by atoms with E-state index < -0.39 is 4.92 Å². The Morgan fingerprint density at radius 2 is 2.00 bits per heavy atom. The van der Waals surface area contributed by atoms with E-state index in [9.17, 15) is 14.9 Å². The molecular formula is C17H18N2O3S. The van der Waals surface area contributed by atoms with Crippen LogP contribution in [0.2, 0.25) is 0 Å². The van der Waals surface area contributed by atoms with E-state index in [4.69, 9.17) is 0 Å². The van der Waals surface area contributed by atoms with Crippen LogP contribution >= 0.6 is 11.8 Å². The Hall–Kier alpha value is -2.34. The number of nitro benzene ring substituents is 1. The van der Waals surface area contributed by atoms with Crippen LogP contribution in [0.3, 0.4) is 0 Å². The third kappa shape index (κ3) is 4.10. The van der Waals surface area contributed by atoms with Gasteiger partial charge in [0.15, 0.2) is 0 Å². The lowest BCUT2D eigenvalue weighted by molar-refractivity contribution is -0.385. The molecule has 1 amide bonds. The van der Waals surface area contributed by atoms with E-state index in [1.165, 1.54) is 18.2 Å². The maximum Gasteiger partial charge on any atom is 0.272 e. The highest BCUT2D eigenvalue weighted by Gasteiger charge is 2.14. The van der Waals surface area contributed by atoms with Crippen LogP contribution < -0.4 is 5.32 Å². The van der Waals surface area contributed by atoms with E-state index in [0.29, 0.717) is 22.1 Å². The van der Waals surface area contributed by atoms with Crippen LogP contribution in [-0.2, 0) is 0 Å². The van der Waals surface area contributed by atoms with E-state index in [-0.39, 0.29) is 11.6 Å². The SMILES string of the molecule is CSC(C)c1cccc(NC(=O)c2ccc([N+](=O)[O-])c(C)c2)c1. The summed E-state index contributed by atoms with van der Waals surface area (Å²) in [5.41, 5.74) is 2.72. The van der Waals surface area contributed by atoms with Crippen molar-refractivity contribution in [2.75, 3.05) is 11.6 Å². The van der Waals surface area contributed by atoms with E-state index >= 15 is 0 Å². The number of carbonyl (C=O) groups is 1. The summed E-state index contributed by atoms with van der Waals surface area (Å²) in [6.07, 6.45) is 2.04. The predicted octanol–water partition coefficient (Wildman–Crippen LogP) is 4.58. The van der Waals surface area contributed by atoms with Crippen molar-refractivity contribution in [3.8, 4) is 0 Å². The molecule has 120 valence electrons. The first-order chi connectivity index (χ1) is 10.9. The van der Waals surface area contributed by atoms with Gasteiger partial charge in [-0.1, -0.05) is 12.1 Å². The number of nitrogens with one attached hydrogen (secondary N) is 1. The Morgan fingerprint density at radius 1 is 1.26 bits per heavy atom. The maximum atomic E-state index is 12.3. The van der Waals surface area contributed by atoms with E-state index in [2.05, 4.69) is 12.2 Å². The van der Waals surface area contributed by atoms with Crippen molar-refractivity contribution < 1.29 is 9.72 Å². The van der Waals surface area contributed by atoms with Crippen molar-refractivity contribution in [1.82, 2.24) is 0 Å². The molecule has 0 saturated heterocycles. The van der Waals surface area contributed by atoms with Crippen molar-refractivity contribution in [3.05, 3.63) is 69.3 Å². The molecule has 1 unspecified atom stereocenters. The first kappa shape index (κ1) is 17.0. The molecule has 6 heteroatoms. The molecule has 2 rings (SSSR count). The Labute approximate surface area is 139 Å². The number of amides is 1. The second kappa shape index (κ2) is 7.28. The largest absolute Gasteiger partial charge is 0.322 e. The standard InChI is InChI=1S/C17H18N2O3S/c1-11-9-14(7-8-16(11)19(21)22)17(20)18-15-6-4-5-13(10-15)12(2)23-3/h4-10,12H,1-3H3,(H,18,20). The Bertz CT molecular complexity index is 746. The molecule has 2 aromatic carbocycles. The van der Waals surface area contributed by atoms with Gasteiger partial charge in [-0.3, -0.25) is 14.9 Å². The zero-order valence-electron chi connectivity index (χ0n) is 13.2. The first-order valence-electron chi connectivity index (χ1n) is 7.11. The summed E-state index contributed by atoms with van der Waals surface area (Å²) >= 11 is 1.73. The molecule has 23 heavy (non-hydrogen) atoms. The summed E-state index contributed by atoms with van der Waals surface area (Å²) in [5.74, 6) is -0.281. The number of nitro groups is 1. The molecule has 0 saturated carbocycles. The molecule has 0 aliphatic heterocycles.